The van der Waals surface area contributed by atoms with Crippen LogP contribution in [0.4, 0.5) is 0 Å². The molecule has 0 spiro atoms. The third-order valence-electron chi connectivity index (χ3n) is 1.42. The van der Waals surface area contributed by atoms with Gasteiger partial charge in [0.05, 0.1) is 0 Å². The molecule has 0 aliphatic rings. The fourth-order valence-electron chi connectivity index (χ4n) is 0.728. The summed E-state index contributed by atoms with van der Waals surface area (Å²) >= 11 is 0. The highest BCUT2D eigenvalue weighted by Crippen LogP contribution is 2.00. The first-order valence-electron chi connectivity index (χ1n) is 3.61. The van der Waals surface area contributed by atoms with Gasteiger partial charge in [-0.05, 0) is 19.9 Å². The lowest BCUT2D eigenvalue weighted by molar-refractivity contribution is -0.130. The molecule has 0 aliphatic carbocycles. The van der Waals surface area contributed by atoms with Crippen LogP contribution in [0.5, 0.6) is 0 Å². The van der Waals surface area contributed by atoms with Crippen molar-refractivity contribution in [1.82, 2.24) is 10.6 Å². The van der Waals surface area contributed by atoms with Gasteiger partial charge in [-0.25, -0.2) is 0 Å². The molecule has 0 saturated heterocycles. The lowest BCUT2D eigenvalue weighted by Gasteiger charge is -2.23. The quantitative estimate of drug-likeness (QED) is 0.577. The molecule has 0 aromatic carbocycles. The summed E-state index contributed by atoms with van der Waals surface area (Å²) in [4.78, 5) is 22.0. The Hall–Kier alpha value is -1.32. The molecule has 0 bridgehead atoms. The number of carbonyl (C=O) groups is 2. The van der Waals surface area contributed by atoms with Crippen molar-refractivity contribution in [2.24, 2.45) is 0 Å². The SMILES string of the molecule is C=CC(=O)NC(C)(C)C(=O)NC. The molecule has 0 aromatic rings. The Labute approximate surface area is 72.0 Å². The van der Waals surface area contributed by atoms with E-state index in [1.165, 1.54) is 7.05 Å². The van der Waals surface area contributed by atoms with Crippen molar-refractivity contribution >= 4 is 11.8 Å². The Morgan fingerprint density at radius 3 is 2.25 bits per heavy atom. The first kappa shape index (κ1) is 10.7. The lowest BCUT2D eigenvalue weighted by atomic mass is 10.0. The first-order valence-corrected chi connectivity index (χ1v) is 3.61. The van der Waals surface area contributed by atoms with Crippen molar-refractivity contribution in [1.29, 1.82) is 0 Å². The number of amides is 2. The molecule has 0 fully saturated rings. The topological polar surface area (TPSA) is 58.2 Å². The maximum atomic E-state index is 11.1. The number of carbonyl (C=O) groups excluding carboxylic acids is 2. The smallest absolute Gasteiger partial charge is 0.244 e. The largest absolute Gasteiger partial charge is 0.357 e. The summed E-state index contributed by atoms with van der Waals surface area (Å²) in [6.07, 6.45) is 1.13. The molecule has 12 heavy (non-hydrogen) atoms. The zero-order chi connectivity index (χ0) is 9.78. The third-order valence-corrected chi connectivity index (χ3v) is 1.42. The highest BCUT2D eigenvalue weighted by Gasteiger charge is 2.27. The van der Waals surface area contributed by atoms with Gasteiger partial charge in [0.1, 0.15) is 5.54 Å². The van der Waals surface area contributed by atoms with E-state index in [-0.39, 0.29) is 11.8 Å². The van der Waals surface area contributed by atoms with Crippen molar-refractivity contribution < 1.29 is 9.59 Å². The third kappa shape index (κ3) is 2.74. The predicted octanol–water partition coefficient (Wildman–Crippen LogP) is -0.187. The molecule has 4 nitrogen and oxygen atoms in total. The van der Waals surface area contributed by atoms with Gasteiger partial charge in [0.15, 0.2) is 0 Å². The van der Waals surface area contributed by atoms with Gasteiger partial charge in [-0.3, -0.25) is 9.59 Å². The van der Waals surface area contributed by atoms with E-state index in [1.54, 1.807) is 13.8 Å². The molecule has 0 aliphatic heterocycles. The molecule has 0 heterocycles. The second-order valence-corrected chi connectivity index (χ2v) is 2.90. The molecular formula is C8H14N2O2. The van der Waals surface area contributed by atoms with E-state index in [0.29, 0.717) is 0 Å². The Morgan fingerprint density at radius 1 is 1.42 bits per heavy atom. The minimum atomic E-state index is -0.889. The summed E-state index contributed by atoms with van der Waals surface area (Å²) in [5, 5.41) is 4.93. The zero-order valence-electron chi connectivity index (χ0n) is 7.60. The van der Waals surface area contributed by atoms with E-state index < -0.39 is 5.54 Å². The molecule has 68 valence electrons. The second-order valence-electron chi connectivity index (χ2n) is 2.90. The highest BCUT2D eigenvalue weighted by molar-refractivity contribution is 5.94. The van der Waals surface area contributed by atoms with Gasteiger partial charge in [-0.2, -0.15) is 0 Å². The predicted molar refractivity (Wildman–Crippen MR) is 46.5 cm³/mol. The van der Waals surface area contributed by atoms with Crippen LogP contribution in [-0.4, -0.2) is 24.4 Å². The summed E-state index contributed by atoms with van der Waals surface area (Å²) in [5.41, 5.74) is -0.889. The van der Waals surface area contributed by atoms with Crippen LogP contribution in [0, 0.1) is 0 Å². The van der Waals surface area contributed by atoms with Crippen LogP contribution in [0.15, 0.2) is 12.7 Å². The normalized spacial score (nSPS) is 10.2. The summed E-state index contributed by atoms with van der Waals surface area (Å²) in [6.45, 7) is 6.52. The van der Waals surface area contributed by atoms with E-state index in [2.05, 4.69) is 17.2 Å². The van der Waals surface area contributed by atoms with Crippen molar-refractivity contribution in [3.05, 3.63) is 12.7 Å². The summed E-state index contributed by atoms with van der Waals surface area (Å²) in [7, 11) is 1.52. The van der Waals surface area contributed by atoms with Crippen molar-refractivity contribution in [2.45, 2.75) is 19.4 Å². The summed E-state index contributed by atoms with van der Waals surface area (Å²) in [6, 6.07) is 0. The summed E-state index contributed by atoms with van der Waals surface area (Å²) in [5.74, 6) is -0.596. The molecule has 0 saturated carbocycles. The first-order chi connectivity index (χ1) is 5.44. The maximum Gasteiger partial charge on any atom is 0.244 e. The number of hydrogen-bond donors (Lipinski definition) is 2. The van der Waals surface area contributed by atoms with E-state index in [0.717, 1.165) is 6.08 Å². The van der Waals surface area contributed by atoms with Gasteiger partial charge in [-0.1, -0.05) is 6.58 Å². The van der Waals surface area contributed by atoms with E-state index in [4.69, 9.17) is 0 Å². The standard InChI is InChI=1S/C8H14N2O2/c1-5-6(11)10-8(2,3)7(12)9-4/h5H,1H2,2-4H3,(H,9,12)(H,10,11). The lowest BCUT2D eigenvalue weighted by Crippen LogP contribution is -2.53. The molecule has 2 amide bonds. The maximum absolute atomic E-state index is 11.1. The van der Waals surface area contributed by atoms with Gasteiger partial charge >= 0.3 is 0 Å². The second kappa shape index (κ2) is 3.90. The fraction of sp³-hybridized carbons (Fsp3) is 0.500. The van der Waals surface area contributed by atoms with Gasteiger partial charge < -0.3 is 10.6 Å². The van der Waals surface area contributed by atoms with Crippen LogP contribution in [0.2, 0.25) is 0 Å². The average molecular weight is 170 g/mol. The Bertz CT molecular complexity index is 209. The minimum Gasteiger partial charge on any atom is -0.357 e. The van der Waals surface area contributed by atoms with Crippen LogP contribution in [-0.2, 0) is 9.59 Å². The minimum absolute atomic E-state index is 0.238. The molecule has 0 rings (SSSR count). The van der Waals surface area contributed by atoms with Gasteiger partial charge in [0.25, 0.3) is 0 Å². The Kier molecular flexibility index (Phi) is 3.47. The molecule has 0 aromatic heterocycles. The number of nitrogens with one attached hydrogen (secondary N) is 2. The average Bonchev–Trinajstić information content (AvgIpc) is 2.02. The van der Waals surface area contributed by atoms with E-state index >= 15 is 0 Å². The molecule has 2 N–H and O–H groups in total. The van der Waals surface area contributed by atoms with Crippen LogP contribution in [0.25, 0.3) is 0 Å². The molecule has 0 atom stereocenters. The van der Waals surface area contributed by atoms with Crippen LogP contribution in [0.3, 0.4) is 0 Å². The monoisotopic (exact) mass is 170 g/mol. The molecule has 4 heteroatoms. The van der Waals surface area contributed by atoms with Gasteiger partial charge in [0, 0.05) is 7.05 Å². The van der Waals surface area contributed by atoms with Crippen LogP contribution >= 0.6 is 0 Å². The number of hydrogen-bond acceptors (Lipinski definition) is 2. The Balaban J connectivity index is 4.31. The van der Waals surface area contributed by atoms with Crippen molar-refractivity contribution in [2.75, 3.05) is 7.05 Å². The van der Waals surface area contributed by atoms with Crippen molar-refractivity contribution in [3.8, 4) is 0 Å². The zero-order valence-corrected chi connectivity index (χ0v) is 7.60. The molecular weight excluding hydrogens is 156 g/mol. The van der Waals surface area contributed by atoms with Crippen molar-refractivity contribution in [3.63, 3.8) is 0 Å². The van der Waals surface area contributed by atoms with Crippen LogP contribution < -0.4 is 10.6 Å². The van der Waals surface area contributed by atoms with Crippen LogP contribution in [0.1, 0.15) is 13.8 Å². The summed E-state index contributed by atoms with van der Waals surface area (Å²) < 4.78 is 0. The molecule has 0 unspecified atom stereocenters. The van der Waals surface area contributed by atoms with E-state index in [1.807, 2.05) is 0 Å². The molecule has 0 radical (unpaired) electrons. The Morgan fingerprint density at radius 2 is 1.92 bits per heavy atom. The highest BCUT2D eigenvalue weighted by atomic mass is 16.2. The number of likely N-dealkylation sites (N-methyl/N-ethyl adjacent to an activating group) is 1. The van der Waals surface area contributed by atoms with E-state index in [9.17, 15) is 9.59 Å². The number of rotatable bonds is 3. The fourth-order valence-corrected chi connectivity index (χ4v) is 0.728. The van der Waals surface area contributed by atoms with Gasteiger partial charge in [0.2, 0.25) is 11.8 Å². The van der Waals surface area contributed by atoms with Gasteiger partial charge in [-0.15, -0.1) is 0 Å².